The Morgan fingerprint density at radius 3 is 2.63 bits per heavy atom. The van der Waals surface area contributed by atoms with Crippen molar-refractivity contribution in [2.24, 2.45) is 5.92 Å². The van der Waals surface area contributed by atoms with Crippen LogP contribution >= 0.6 is 36.2 Å². The van der Waals surface area contributed by atoms with Gasteiger partial charge >= 0.3 is 0 Å². The van der Waals surface area contributed by atoms with Crippen molar-refractivity contribution in [3.63, 3.8) is 0 Å². The van der Waals surface area contributed by atoms with Gasteiger partial charge in [-0.05, 0) is 55.5 Å². The summed E-state index contributed by atoms with van der Waals surface area (Å²) in [5.74, 6) is 1.86. The Morgan fingerprint density at radius 1 is 1.07 bits per heavy atom. The zero-order chi connectivity index (χ0) is 18.9. The highest BCUT2D eigenvalue weighted by atomic mass is 35.5. The van der Waals surface area contributed by atoms with Gasteiger partial charge in [0.25, 0.3) is 0 Å². The second kappa shape index (κ2) is 10.2. The molecule has 1 atom stereocenters. The Balaban J connectivity index is 0.00000128. The van der Waals surface area contributed by atoms with Gasteiger partial charge in [-0.15, -0.1) is 24.8 Å². The van der Waals surface area contributed by atoms with Crippen molar-refractivity contribution in [2.75, 3.05) is 31.1 Å². The molecule has 2 aliphatic rings. The number of aromatic nitrogens is 1. The minimum Gasteiger partial charge on any atom is -0.488 e. The SMILES string of the molecule is Cc1cccc2c1OC(CNCC1CCN(c3nc4ccccc4s3)CC1)C2.Cl.Cl. The molecule has 1 N–H and O–H groups in total. The van der Waals surface area contributed by atoms with E-state index >= 15 is 0 Å². The molecule has 0 spiro atoms. The lowest BCUT2D eigenvalue weighted by Crippen LogP contribution is -2.39. The van der Waals surface area contributed by atoms with Gasteiger partial charge in [-0.1, -0.05) is 41.7 Å². The van der Waals surface area contributed by atoms with E-state index in [0.29, 0.717) is 0 Å². The van der Waals surface area contributed by atoms with Crippen molar-refractivity contribution in [3.05, 3.63) is 53.6 Å². The quantitative estimate of drug-likeness (QED) is 0.557. The molecule has 0 amide bonds. The fraction of sp³-hybridized carbons (Fsp3) is 0.435. The van der Waals surface area contributed by atoms with Crippen LogP contribution in [0.25, 0.3) is 10.2 Å². The van der Waals surface area contributed by atoms with Crippen LogP contribution in [0.5, 0.6) is 5.75 Å². The molecule has 1 fully saturated rings. The van der Waals surface area contributed by atoms with E-state index in [2.05, 4.69) is 59.6 Å². The van der Waals surface area contributed by atoms with Gasteiger partial charge in [-0.3, -0.25) is 0 Å². The fourth-order valence-corrected chi connectivity index (χ4v) is 5.40. The summed E-state index contributed by atoms with van der Waals surface area (Å²) in [4.78, 5) is 7.27. The summed E-state index contributed by atoms with van der Waals surface area (Å²) in [5.41, 5.74) is 3.73. The first-order valence-corrected chi connectivity index (χ1v) is 11.1. The molecule has 0 aliphatic carbocycles. The predicted molar refractivity (Wildman–Crippen MR) is 131 cm³/mol. The summed E-state index contributed by atoms with van der Waals surface area (Å²) in [6.07, 6.45) is 3.76. The van der Waals surface area contributed by atoms with Gasteiger partial charge in [-0.2, -0.15) is 0 Å². The third-order valence-corrected chi connectivity index (χ3v) is 7.10. The second-order valence-electron chi connectivity index (χ2n) is 8.06. The lowest BCUT2D eigenvalue weighted by atomic mass is 9.97. The first-order chi connectivity index (χ1) is 13.8. The molecule has 162 valence electrons. The molecule has 3 aromatic rings. The van der Waals surface area contributed by atoms with Crippen LogP contribution in [0.4, 0.5) is 5.13 Å². The highest BCUT2D eigenvalue weighted by Crippen LogP contribution is 2.32. The highest BCUT2D eigenvalue weighted by Gasteiger charge is 2.25. The summed E-state index contributed by atoms with van der Waals surface area (Å²) in [6, 6.07) is 14.9. The number of halogens is 2. The summed E-state index contributed by atoms with van der Waals surface area (Å²) >= 11 is 1.82. The molecule has 0 saturated carbocycles. The molecule has 1 unspecified atom stereocenters. The number of nitrogens with one attached hydrogen (secondary N) is 1. The number of thiazole rings is 1. The molecule has 1 aromatic heterocycles. The zero-order valence-corrected chi connectivity index (χ0v) is 19.6. The van der Waals surface area contributed by atoms with Crippen LogP contribution in [0.15, 0.2) is 42.5 Å². The van der Waals surface area contributed by atoms with E-state index in [9.17, 15) is 0 Å². The van der Waals surface area contributed by atoms with Crippen LogP contribution in [-0.4, -0.2) is 37.3 Å². The maximum atomic E-state index is 6.15. The van der Waals surface area contributed by atoms with Gasteiger partial charge in [0, 0.05) is 26.1 Å². The van der Waals surface area contributed by atoms with Crippen molar-refractivity contribution in [1.29, 1.82) is 0 Å². The lowest BCUT2D eigenvalue weighted by Gasteiger charge is -2.32. The third-order valence-electron chi connectivity index (χ3n) is 6.00. The van der Waals surface area contributed by atoms with Crippen LogP contribution < -0.4 is 15.0 Å². The van der Waals surface area contributed by atoms with Gasteiger partial charge in [0.2, 0.25) is 0 Å². The van der Waals surface area contributed by atoms with E-state index in [1.54, 1.807) is 0 Å². The highest BCUT2D eigenvalue weighted by molar-refractivity contribution is 7.22. The number of anilines is 1. The number of hydrogen-bond donors (Lipinski definition) is 1. The Hall–Kier alpha value is -1.53. The average Bonchev–Trinajstić information content (AvgIpc) is 3.33. The topological polar surface area (TPSA) is 37.4 Å². The van der Waals surface area contributed by atoms with Gasteiger partial charge in [-0.25, -0.2) is 4.98 Å². The van der Waals surface area contributed by atoms with Crippen molar-refractivity contribution in [1.82, 2.24) is 10.3 Å². The summed E-state index contributed by atoms with van der Waals surface area (Å²) in [6.45, 7) is 6.37. The number of para-hydroxylation sites is 2. The molecule has 3 heterocycles. The van der Waals surface area contributed by atoms with Gasteiger partial charge in [0.1, 0.15) is 11.9 Å². The fourth-order valence-electron chi connectivity index (χ4n) is 4.38. The molecule has 5 rings (SSSR count). The predicted octanol–water partition coefficient (Wildman–Crippen LogP) is 5.26. The Bertz CT molecular complexity index is 939. The average molecular weight is 466 g/mol. The monoisotopic (exact) mass is 465 g/mol. The van der Waals surface area contributed by atoms with E-state index in [-0.39, 0.29) is 30.9 Å². The van der Waals surface area contributed by atoms with Crippen LogP contribution in [0.3, 0.4) is 0 Å². The Morgan fingerprint density at radius 2 is 1.87 bits per heavy atom. The molecule has 0 radical (unpaired) electrons. The summed E-state index contributed by atoms with van der Waals surface area (Å²) in [7, 11) is 0. The van der Waals surface area contributed by atoms with E-state index in [4.69, 9.17) is 9.72 Å². The number of aryl methyl sites for hydroxylation is 1. The molecular weight excluding hydrogens is 437 g/mol. The van der Waals surface area contributed by atoms with Crippen LogP contribution in [0.2, 0.25) is 0 Å². The zero-order valence-electron chi connectivity index (χ0n) is 17.2. The van der Waals surface area contributed by atoms with E-state index in [1.807, 2.05) is 11.3 Å². The molecule has 4 nitrogen and oxygen atoms in total. The Labute approximate surface area is 194 Å². The van der Waals surface area contributed by atoms with Crippen molar-refractivity contribution in [3.8, 4) is 5.75 Å². The van der Waals surface area contributed by atoms with Crippen LogP contribution in [0, 0.1) is 12.8 Å². The lowest BCUT2D eigenvalue weighted by molar-refractivity contribution is 0.221. The molecule has 1 saturated heterocycles. The van der Waals surface area contributed by atoms with Gasteiger partial charge in [0.05, 0.1) is 10.2 Å². The van der Waals surface area contributed by atoms with Crippen molar-refractivity contribution in [2.45, 2.75) is 32.3 Å². The first kappa shape index (κ1) is 23.1. The number of rotatable bonds is 5. The number of hydrogen-bond acceptors (Lipinski definition) is 5. The molecular formula is C23H29Cl2N3OS. The largest absolute Gasteiger partial charge is 0.488 e. The standard InChI is InChI=1S/C23H27N3OS.2ClH/c1-16-5-4-6-18-13-19(27-22(16)18)15-24-14-17-9-11-26(12-10-17)23-25-20-7-2-3-8-21(20)28-23;;/h2-8,17,19,24H,9-15H2,1H3;2*1H. The number of benzene rings is 2. The molecule has 2 aliphatic heterocycles. The van der Waals surface area contributed by atoms with Gasteiger partial charge < -0.3 is 15.0 Å². The van der Waals surface area contributed by atoms with Crippen LogP contribution in [-0.2, 0) is 6.42 Å². The number of ether oxygens (including phenoxy) is 1. The summed E-state index contributed by atoms with van der Waals surface area (Å²) in [5, 5.41) is 4.85. The first-order valence-electron chi connectivity index (χ1n) is 10.3. The van der Waals surface area contributed by atoms with Gasteiger partial charge in [0.15, 0.2) is 5.13 Å². The Kier molecular flexibility index (Phi) is 7.86. The number of piperidine rings is 1. The maximum absolute atomic E-state index is 6.15. The molecule has 2 aromatic carbocycles. The number of nitrogens with zero attached hydrogens (tertiary/aromatic N) is 2. The summed E-state index contributed by atoms with van der Waals surface area (Å²) < 4.78 is 7.44. The number of fused-ring (bicyclic) bond motifs is 2. The molecule has 0 bridgehead atoms. The second-order valence-corrected chi connectivity index (χ2v) is 9.07. The van der Waals surface area contributed by atoms with Crippen LogP contribution in [0.1, 0.15) is 24.0 Å². The minimum absolute atomic E-state index is 0. The maximum Gasteiger partial charge on any atom is 0.186 e. The van der Waals surface area contributed by atoms with Crippen molar-refractivity contribution < 1.29 is 4.74 Å². The van der Waals surface area contributed by atoms with E-state index in [1.165, 1.54) is 33.8 Å². The molecule has 30 heavy (non-hydrogen) atoms. The third kappa shape index (κ3) is 4.86. The normalized spacial score (nSPS) is 18.4. The smallest absolute Gasteiger partial charge is 0.186 e. The van der Waals surface area contributed by atoms with Crippen molar-refractivity contribution >= 4 is 51.5 Å². The minimum atomic E-state index is 0. The van der Waals surface area contributed by atoms with E-state index in [0.717, 1.165) is 49.8 Å². The van der Waals surface area contributed by atoms with E-state index < -0.39 is 0 Å². The molecule has 7 heteroatoms.